The molecule has 1 aliphatic heterocycles. The van der Waals surface area contributed by atoms with E-state index < -0.39 is 15.4 Å². The summed E-state index contributed by atoms with van der Waals surface area (Å²) in [5.41, 5.74) is 5.54. The topological polar surface area (TPSA) is 102 Å². The molecule has 0 bridgehead atoms. The molecule has 0 aliphatic carbocycles. The standard InChI is InChI=1S/C11H15N3O3S/c1-11(3-5-18(16,17)7-11)14-10(15)8-6-13-4-2-9(8)12/h2,4,6H,3,5,7H2,1H3,(H2,12,13)(H,14,15). The quantitative estimate of drug-likeness (QED) is 0.785. The van der Waals surface area contributed by atoms with Crippen LogP contribution in [-0.4, -0.2) is 36.4 Å². The maximum Gasteiger partial charge on any atom is 0.255 e. The van der Waals surface area contributed by atoms with Crippen LogP contribution in [0, 0.1) is 0 Å². The summed E-state index contributed by atoms with van der Waals surface area (Å²) in [6, 6.07) is 1.53. The highest BCUT2D eigenvalue weighted by Crippen LogP contribution is 2.23. The summed E-state index contributed by atoms with van der Waals surface area (Å²) >= 11 is 0. The van der Waals surface area contributed by atoms with Crippen molar-refractivity contribution in [1.82, 2.24) is 10.3 Å². The Hall–Kier alpha value is -1.63. The molecule has 1 amide bonds. The van der Waals surface area contributed by atoms with E-state index in [2.05, 4.69) is 10.3 Å². The van der Waals surface area contributed by atoms with Gasteiger partial charge in [0.2, 0.25) is 0 Å². The summed E-state index contributed by atoms with van der Waals surface area (Å²) in [6.07, 6.45) is 3.28. The van der Waals surface area contributed by atoms with Crippen LogP contribution >= 0.6 is 0 Å². The van der Waals surface area contributed by atoms with Crippen molar-refractivity contribution < 1.29 is 13.2 Å². The minimum Gasteiger partial charge on any atom is -0.398 e. The van der Waals surface area contributed by atoms with Gasteiger partial charge in [-0.25, -0.2) is 8.42 Å². The molecule has 18 heavy (non-hydrogen) atoms. The second-order valence-electron chi connectivity index (χ2n) is 4.82. The minimum atomic E-state index is -3.05. The Balaban J connectivity index is 2.16. The fourth-order valence-corrected chi connectivity index (χ4v) is 4.14. The first-order chi connectivity index (χ1) is 8.31. The molecular formula is C11H15N3O3S. The van der Waals surface area contributed by atoms with Gasteiger partial charge in [0.15, 0.2) is 9.84 Å². The van der Waals surface area contributed by atoms with Gasteiger partial charge < -0.3 is 11.1 Å². The van der Waals surface area contributed by atoms with E-state index >= 15 is 0 Å². The Morgan fingerprint density at radius 3 is 2.83 bits per heavy atom. The van der Waals surface area contributed by atoms with Gasteiger partial charge in [-0.05, 0) is 19.4 Å². The van der Waals surface area contributed by atoms with Crippen LogP contribution in [0.3, 0.4) is 0 Å². The molecule has 1 aromatic heterocycles. The summed E-state index contributed by atoms with van der Waals surface area (Å²) in [7, 11) is -3.05. The van der Waals surface area contributed by atoms with Gasteiger partial charge in [0.25, 0.3) is 5.91 Å². The van der Waals surface area contributed by atoms with Crippen LogP contribution in [0.1, 0.15) is 23.7 Å². The molecule has 0 aromatic carbocycles. The average Bonchev–Trinajstić information content (AvgIpc) is 2.53. The molecule has 1 aromatic rings. The highest BCUT2D eigenvalue weighted by Gasteiger charge is 2.39. The number of pyridine rings is 1. The average molecular weight is 269 g/mol. The first kappa shape index (κ1) is 12.8. The first-order valence-corrected chi connectivity index (χ1v) is 7.36. The van der Waals surface area contributed by atoms with Crippen molar-refractivity contribution in [3.8, 4) is 0 Å². The van der Waals surface area contributed by atoms with Crippen molar-refractivity contribution >= 4 is 21.4 Å². The summed E-state index contributed by atoms with van der Waals surface area (Å²) < 4.78 is 22.9. The number of amides is 1. The van der Waals surface area contributed by atoms with Crippen molar-refractivity contribution in [3.05, 3.63) is 24.0 Å². The van der Waals surface area contributed by atoms with Gasteiger partial charge in [0.1, 0.15) is 0 Å². The van der Waals surface area contributed by atoms with Crippen LogP contribution in [0.4, 0.5) is 5.69 Å². The number of aromatic nitrogens is 1. The molecular weight excluding hydrogens is 254 g/mol. The van der Waals surface area contributed by atoms with E-state index in [9.17, 15) is 13.2 Å². The van der Waals surface area contributed by atoms with Gasteiger partial charge in [0.05, 0.1) is 22.6 Å². The van der Waals surface area contributed by atoms with Crippen molar-refractivity contribution in [3.63, 3.8) is 0 Å². The Morgan fingerprint density at radius 2 is 2.28 bits per heavy atom. The molecule has 6 nitrogen and oxygen atoms in total. The Morgan fingerprint density at radius 1 is 1.56 bits per heavy atom. The number of rotatable bonds is 2. The Kier molecular flexibility index (Phi) is 3.02. The summed E-state index contributed by atoms with van der Waals surface area (Å²) in [4.78, 5) is 15.8. The molecule has 1 saturated heterocycles. The summed E-state index contributed by atoms with van der Waals surface area (Å²) in [5.74, 6) is -0.321. The third kappa shape index (κ3) is 2.61. The highest BCUT2D eigenvalue weighted by molar-refractivity contribution is 7.91. The van der Waals surface area contributed by atoms with Crippen LogP contribution in [0.5, 0.6) is 0 Å². The van der Waals surface area contributed by atoms with E-state index in [1.54, 1.807) is 6.92 Å². The fraction of sp³-hybridized carbons (Fsp3) is 0.455. The molecule has 7 heteroatoms. The SMILES string of the molecule is CC1(NC(=O)c2cnccc2N)CCS(=O)(=O)C1. The van der Waals surface area contributed by atoms with Gasteiger partial charge >= 0.3 is 0 Å². The third-order valence-electron chi connectivity index (χ3n) is 3.02. The molecule has 1 fully saturated rings. The zero-order valence-corrected chi connectivity index (χ0v) is 10.8. The maximum atomic E-state index is 12.0. The number of anilines is 1. The lowest BCUT2D eigenvalue weighted by Gasteiger charge is -2.24. The van der Waals surface area contributed by atoms with Crippen LogP contribution in [-0.2, 0) is 9.84 Å². The zero-order valence-electron chi connectivity index (χ0n) is 10.0. The number of sulfone groups is 1. The predicted octanol–water partition coefficient (Wildman–Crippen LogP) is -0.0292. The van der Waals surface area contributed by atoms with Crippen LogP contribution in [0.15, 0.2) is 18.5 Å². The molecule has 0 radical (unpaired) electrons. The number of carbonyl (C=O) groups excluding carboxylic acids is 1. The van der Waals surface area contributed by atoms with Crippen molar-refractivity contribution in [2.45, 2.75) is 18.9 Å². The van der Waals surface area contributed by atoms with E-state index in [4.69, 9.17) is 5.73 Å². The lowest BCUT2D eigenvalue weighted by atomic mass is 10.0. The number of nitrogens with two attached hydrogens (primary N) is 1. The number of hydrogen-bond donors (Lipinski definition) is 2. The normalized spacial score (nSPS) is 25.8. The largest absolute Gasteiger partial charge is 0.398 e. The molecule has 1 unspecified atom stereocenters. The van der Waals surface area contributed by atoms with E-state index in [0.29, 0.717) is 12.1 Å². The van der Waals surface area contributed by atoms with Gasteiger partial charge in [0, 0.05) is 18.1 Å². The molecule has 98 valence electrons. The van der Waals surface area contributed by atoms with E-state index in [0.717, 1.165) is 0 Å². The predicted molar refractivity (Wildman–Crippen MR) is 67.8 cm³/mol. The van der Waals surface area contributed by atoms with Crippen LogP contribution in [0.2, 0.25) is 0 Å². The third-order valence-corrected chi connectivity index (χ3v) is 4.92. The zero-order chi connectivity index (χ0) is 13.4. The number of carbonyl (C=O) groups is 1. The molecule has 2 heterocycles. The molecule has 1 atom stereocenters. The van der Waals surface area contributed by atoms with Gasteiger partial charge in [-0.15, -0.1) is 0 Å². The molecule has 0 spiro atoms. The minimum absolute atomic E-state index is 0.0358. The van der Waals surface area contributed by atoms with Crippen LogP contribution in [0.25, 0.3) is 0 Å². The summed E-state index contributed by atoms with van der Waals surface area (Å²) in [5, 5.41) is 2.73. The number of nitrogens with one attached hydrogen (secondary N) is 1. The maximum absolute atomic E-state index is 12.0. The first-order valence-electron chi connectivity index (χ1n) is 5.54. The Labute approximate surface area is 106 Å². The molecule has 2 rings (SSSR count). The number of hydrogen-bond acceptors (Lipinski definition) is 5. The lowest BCUT2D eigenvalue weighted by molar-refractivity contribution is 0.0916. The van der Waals surface area contributed by atoms with Gasteiger partial charge in [-0.2, -0.15) is 0 Å². The summed E-state index contributed by atoms with van der Waals surface area (Å²) in [6.45, 7) is 1.72. The molecule has 3 N–H and O–H groups in total. The second kappa shape index (κ2) is 4.24. The van der Waals surface area contributed by atoms with Crippen LogP contribution < -0.4 is 11.1 Å². The highest BCUT2D eigenvalue weighted by atomic mass is 32.2. The van der Waals surface area contributed by atoms with E-state index in [1.807, 2.05) is 0 Å². The van der Waals surface area contributed by atoms with E-state index in [-0.39, 0.29) is 23.0 Å². The van der Waals surface area contributed by atoms with Gasteiger partial charge in [-0.1, -0.05) is 0 Å². The number of nitrogens with zero attached hydrogens (tertiary/aromatic N) is 1. The Bertz CT molecular complexity index is 585. The van der Waals surface area contributed by atoms with E-state index in [1.165, 1.54) is 18.5 Å². The fourth-order valence-electron chi connectivity index (χ4n) is 2.05. The smallest absolute Gasteiger partial charge is 0.255 e. The molecule has 0 saturated carbocycles. The van der Waals surface area contributed by atoms with Crippen molar-refractivity contribution in [2.24, 2.45) is 0 Å². The van der Waals surface area contributed by atoms with Crippen molar-refractivity contribution in [1.29, 1.82) is 0 Å². The van der Waals surface area contributed by atoms with Gasteiger partial charge in [-0.3, -0.25) is 9.78 Å². The van der Waals surface area contributed by atoms with Crippen molar-refractivity contribution in [2.75, 3.05) is 17.2 Å². The number of nitrogen functional groups attached to an aromatic ring is 1. The second-order valence-corrected chi connectivity index (χ2v) is 7.00. The molecule has 1 aliphatic rings. The monoisotopic (exact) mass is 269 g/mol. The lowest BCUT2D eigenvalue weighted by Crippen LogP contribution is -2.47.